The maximum absolute atomic E-state index is 15.0. The fourth-order valence-electron chi connectivity index (χ4n) is 6.81. The van der Waals surface area contributed by atoms with Gasteiger partial charge in [0.1, 0.15) is 33.3 Å². The van der Waals surface area contributed by atoms with Gasteiger partial charge in [-0.3, -0.25) is 0 Å². The standard InChI is InChI=1S/C25H33FN4O4.C18H25ClFN3O4/c1-25(2,3)34-24(32)29-20-13-9-8-12-19(20)28-22-18(26)14-17(23(31)33-4)21(30-22)27-15-16-10-6-5-7-11-16;1-18(2,3)27-17(25)22-13-8-6-5-7-12(13)21-15-11(20)9-10(14(19)23-15)16(24)26-4/h5-7,10-11,14,19-20H,8-9,12-13,15H2,1-4H3,(H,29,32)(H2,27,28,30);9,12-13H,5-8H2,1-4H3,(H,21,23)(H,22,25)/t19-,20+;12-,13+/m11/s1. The van der Waals surface area contributed by atoms with Gasteiger partial charge in [0.15, 0.2) is 23.3 Å². The van der Waals surface area contributed by atoms with Gasteiger partial charge in [-0.25, -0.2) is 37.9 Å². The normalized spacial score (nSPS) is 18.9. The lowest BCUT2D eigenvalue weighted by atomic mass is 9.90. The molecule has 5 N–H and O–H groups in total. The second-order valence-electron chi connectivity index (χ2n) is 16.8. The largest absolute Gasteiger partial charge is 0.465 e. The van der Waals surface area contributed by atoms with Gasteiger partial charge < -0.3 is 45.5 Å². The first-order valence-corrected chi connectivity index (χ1v) is 20.7. The van der Waals surface area contributed by atoms with E-state index >= 15 is 0 Å². The third kappa shape index (κ3) is 15.2. The van der Waals surface area contributed by atoms with E-state index in [0.717, 1.165) is 69.1 Å². The van der Waals surface area contributed by atoms with Crippen molar-refractivity contribution in [1.29, 1.82) is 0 Å². The monoisotopic (exact) mass is 873 g/mol. The Morgan fingerprint density at radius 2 is 1.08 bits per heavy atom. The summed E-state index contributed by atoms with van der Waals surface area (Å²) in [6.07, 6.45) is 5.64. The molecule has 0 radical (unpaired) electrons. The highest BCUT2D eigenvalue weighted by atomic mass is 35.5. The van der Waals surface area contributed by atoms with Crippen LogP contribution in [-0.4, -0.2) is 83.7 Å². The minimum Gasteiger partial charge on any atom is -0.465 e. The molecule has 18 heteroatoms. The van der Waals surface area contributed by atoms with Crippen molar-refractivity contribution >= 4 is 53.2 Å². The quantitative estimate of drug-likeness (QED) is 0.0699. The molecule has 0 aliphatic heterocycles. The molecule has 2 aliphatic rings. The maximum atomic E-state index is 15.0. The van der Waals surface area contributed by atoms with E-state index in [-0.39, 0.29) is 57.9 Å². The van der Waals surface area contributed by atoms with Gasteiger partial charge >= 0.3 is 24.1 Å². The maximum Gasteiger partial charge on any atom is 0.407 e. The fraction of sp³-hybridized carbons (Fsp3) is 0.535. The van der Waals surface area contributed by atoms with Crippen LogP contribution in [0.3, 0.4) is 0 Å². The number of aromatic nitrogens is 2. The van der Waals surface area contributed by atoms with Gasteiger partial charge in [-0.1, -0.05) is 67.6 Å². The topological polar surface area (TPSA) is 191 Å². The van der Waals surface area contributed by atoms with Crippen LogP contribution in [0.15, 0.2) is 42.5 Å². The summed E-state index contributed by atoms with van der Waals surface area (Å²) >= 11 is 5.98. The van der Waals surface area contributed by atoms with Crippen LogP contribution < -0.4 is 26.6 Å². The molecule has 2 fully saturated rings. The summed E-state index contributed by atoms with van der Waals surface area (Å²) in [5.41, 5.74) is -0.374. The number of methoxy groups -OCH3 is 2. The number of nitrogens with zero attached hydrogens (tertiary/aromatic N) is 2. The van der Waals surface area contributed by atoms with E-state index in [0.29, 0.717) is 6.54 Å². The number of hydrogen-bond acceptors (Lipinski definition) is 13. The number of hydrogen-bond donors (Lipinski definition) is 5. The molecule has 2 aliphatic carbocycles. The van der Waals surface area contributed by atoms with Gasteiger partial charge in [0, 0.05) is 18.6 Å². The molecule has 2 saturated carbocycles. The van der Waals surface area contributed by atoms with Crippen molar-refractivity contribution in [2.75, 3.05) is 30.2 Å². The van der Waals surface area contributed by atoms with Crippen LogP contribution in [0.4, 0.5) is 35.8 Å². The Bertz CT molecular complexity index is 1980. The Morgan fingerprint density at radius 1 is 0.656 bits per heavy atom. The SMILES string of the molecule is COC(=O)c1cc(F)c(N[C@@H]2CCCC[C@@H]2NC(=O)OC(C)(C)C)nc1Cl.COC(=O)c1cc(F)c(N[C@@H]2CCCC[C@@H]2NC(=O)OC(C)(C)C)nc1NCc1ccccc1. The number of halogens is 3. The highest BCUT2D eigenvalue weighted by Crippen LogP contribution is 2.28. The molecule has 334 valence electrons. The second kappa shape index (κ2) is 21.9. The Morgan fingerprint density at radius 3 is 1.54 bits per heavy atom. The molecule has 0 bridgehead atoms. The van der Waals surface area contributed by atoms with Crippen LogP contribution in [0.25, 0.3) is 0 Å². The lowest BCUT2D eigenvalue weighted by Crippen LogP contribution is -2.50. The molecule has 5 rings (SSSR count). The molecule has 0 unspecified atom stereocenters. The Labute approximate surface area is 360 Å². The van der Waals surface area contributed by atoms with E-state index < -0.39 is 47.0 Å². The smallest absolute Gasteiger partial charge is 0.407 e. The molecule has 0 spiro atoms. The molecule has 1 aromatic carbocycles. The van der Waals surface area contributed by atoms with Crippen LogP contribution in [0.2, 0.25) is 5.15 Å². The number of carbonyl (C=O) groups excluding carboxylic acids is 4. The van der Waals surface area contributed by atoms with Crippen molar-refractivity contribution in [3.05, 3.63) is 75.9 Å². The van der Waals surface area contributed by atoms with Gasteiger partial charge in [-0.2, -0.15) is 0 Å². The number of pyridine rings is 2. The zero-order valence-corrected chi connectivity index (χ0v) is 36.8. The number of ether oxygens (including phenoxy) is 4. The highest BCUT2D eigenvalue weighted by molar-refractivity contribution is 6.32. The van der Waals surface area contributed by atoms with Crippen LogP contribution in [0, 0.1) is 11.6 Å². The van der Waals surface area contributed by atoms with Gasteiger partial charge in [0.05, 0.1) is 26.3 Å². The van der Waals surface area contributed by atoms with E-state index in [2.05, 4.69) is 41.3 Å². The summed E-state index contributed by atoms with van der Waals surface area (Å²) < 4.78 is 49.4. The Kier molecular flexibility index (Phi) is 17.3. The molecule has 3 aromatic rings. The number of carbonyl (C=O) groups is 4. The van der Waals surface area contributed by atoms with Crippen molar-refractivity contribution in [3.8, 4) is 0 Å². The van der Waals surface area contributed by atoms with Crippen molar-refractivity contribution in [2.24, 2.45) is 0 Å². The minimum absolute atomic E-state index is 0.00565. The third-order valence-electron chi connectivity index (χ3n) is 9.60. The Hall–Kier alpha value is -5.45. The van der Waals surface area contributed by atoms with Crippen LogP contribution in [-0.2, 0) is 25.5 Å². The molecule has 2 amide bonds. The van der Waals surface area contributed by atoms with E-state index in [1.807, 2.05) is 30.3 Å². The summed E-state index contributed by atoms with van der Waals surface area (Å²) in [6, 6.07) is 10.7. The van der Waals surface area contributed by atoms with E-state index in [1.165, 1.54) is 14.2 Å². The average molecular weight is 874 g/mol. The molecule has 2 aromatic heterocycles. The van der Waals surface area contributed by atoms with Crippen molar-refractivity contribution in [1.82, 2.24) is 20.6 Å². The van der Waals surface area contributed by atoms with E-state index in [1.54, 1.807) is 41.5 Å². The molecule has 61 heavy (non-hydrogen) atoms. The van der Waals surface area contributed by atoms with Crippen LogP contribution in [0.1, 0.15) is 119 Å². The number of benzene rings is 1. The van der Waals surface area contributed by atoms with Gasteiger partial charge in [0.25, 0.3) is 0 Å². The summed E-state index contributed by atoms with van der Waals surface area (Å²) in [5, 5.41) is 14.8. The van der Waals surface area contributed by atoms with E-state index in [4.69, 9.17) is 25.8 Å². The number of nitrogens with one attached hydrogen (secondary N) is 5. The van der Waals surface area contributed by atoms with Gasteiger partial charge in [-0.15, -0.1) is 0 Å². The second-order valence-corrected chi connectivity index (χ2v) is 17.1. The lowest BCUT2D eigenvalue weighted by molar-refractivity contribution is 0.0477. The summed E-state index contributed by atoms with van der Waals surface area (Å²) in [5.74, 6) is -2.70. The molecule has 0 saturated heterocycles. The first kappa shape index (κ1) is 48.2. The van der Waals surface area contributed by atoms with Crippen molar-refractivity contribution in [3.63, 3.8) is 0 Å². The molecular weight excluding hydrogens is 816 g/mol. The molecule has 15 nitrogen and oxygen atoms in total. The van der Waals surface area contributed by atoms with E-state index in [9.17, 15) is 28.0 Å². The lowest BCUT2D eigenvalue weighted by Gasteiger charge is -2.34. The van der Waals surface area contributed by atoms with Crippen LogP contribution in [0.5, 0.6) is 0 Å². The predicted octanol–water partition coefficient (Wildman–Crippen LogP) is 8.78. The minimum atomic E-state index is -0.764. The first-order chi connectivity index (χ1) is 28.8. The summed E-state index contributed by atoms with van der Waals surface area (Å²) in [6.45, 7) is 11.2. The number of anilines is 3. The zero-order chi connectivity index (χ0) is 44.9. The van der Waals surface area contributed by atoms with Gasteiger partial charge in [-0.05, 0) is 84.9 Å². The summed E-state index contributed by atoms with van der Waals surface area (Å²) in [4.78, 5) is 56.5. The fourth-order valence-corrected chi connectivity index (χ4v) is 7.03. The third-order valence-corrected chi connectivity index (χ3v) is 9.89. The molecular formula is C43H58ClF2N7O8. The summed E-state index contributed by atoms with van der Waals surface area (Å²) in [7, 11) is 2.42. The highest BCUT2D eigenvalue weighted by Gasteiger charge is 2.32. The number of esters is 2. The van der Waals surface area contributed by atoms with Crippen LogP contribution >= 0.6 is 11.6 Å². The number of alkyl carbamates (subject to hydrolysis) is 2. The zero-order valence-electron chi connectivity index (χ0n) is 36.0. The first-order valence-electron chi connectivity index (χ1n) is 20.3. The number of rotatable bonds is 11. The Balaban J connectivity index is 0.000000276. The molecule has 2 heterocycles. The predicted molar refractivity (Wildman–Crippen MR) is 228 cm³/mol. The number of amides is 2. The average Bonchev–Trinajstić information content (AvgIpc) is 3.19. The molecule has 4 atom stereocenters. The van der Waals surface area contributed by atoms with Crippen molar-refractivity contribution in [2.45, 2.75) is 135 Å². The van der Waals surface area contributed by atoms with Gasteiger partial charge in [0.2, 0.25) is 0 Å². The van der Waals surface area contributed by atoms with Crippen molar-refractivity contribution < 1.29 is 46.9 Å².